The number of rotatable bonds is 6. The fourth-order valence-electron chi connectivity index (χ4n) is 5.50. The minimum Gasteiger partial charge on any atom is -0.489 e. The minimum atomic E-state index is -4.58. The molecule has 1 spiro atoms. The number of carbonyl (C=O) groups excluding carboxylic acids is 2. The van der Waals surface area contributed by atoms with E-state index in [9.17, 15) is 22.8 Å². The summed E-state index contributed by atoms with van der Waals surface area (Å²) in [5.74, 6) is -1.31. The number of nitrogens with one attached hydrogen (secondary N) is 2. The summed E-state index contributed by atoms with van der Waals surface area (Å²) in [7, 11) is 0. The molecule has 2 aromatic heterocycles. The zero-order valence-corrected chi connectivity index (χ0v) is 20.5. The van der Waals surface area contributed by atoms with Gasteiger partial charge in [-0.3, -0.25) is 14.7 Å². The zero-order chi connectivity index (χ0) is 26.4. The Bertz CT molecular complexity index is 1310. The van der Waals surface area contributed by atoms with Crippen LogP contribution in [0.3, 0.4) is 0 Å². The molecule has 1 aromatic carbocycles. The van der Waals surface area contributed by atoms with Crippen molar-refractivity contribution in [1.82, 2.24) is 20.5 Å². The third kappa shape index (κ3) is 4.62. The Balaban J connectivity index is 1.30. The van der Waals surface area contributed by atoms with Crippen molar-refractivity contribution in [3.63, 3.8) is 0 Å². The number of hydrogen-bond donors (Lipinski definition) is 2. The van der Waals surface area contributed by atoms with Crippen molar-refractivity contribution in [3.8, 4) is 5.75 Å². The fraction of sp³-hybridized carbons (Fsp3) is 0.462. The number of amides is 2. The molecule has 5 rings (SSSR count). The summed E-state index contributed by atoms with van der Waals surface area (Å²) in [6, 6.07) is 7.09. The summed E-state index contributed by atoms with van der Waals surface area (Å²) in [5.41, 5.74) is 1.22. The van der Waals surface area contributed by atoms with E-state index in [1.807, 2.05) is 18.2 Å². The molecule has 37 heavy (non-hydrogen) atoms. The number of para-hydroxylation sites is 1. The topological polar surface area (TPSA) is 100 Å². The SMILES string of the molecule is CC(C)C(NC(=O)CN1C(=O)C2(CCC(Oc3cnc4[nH]ncc4c3)CC2)c2ccccc21)C(F)(F)F. The second-order valence-corrected chi connectivity index (χ2v) is 10.1. The molecule has 1 atom stereocenters. The van der Waals surface area contributed by atoms with E-state index in [4.69, 9.17) is 4.74 Å². The summed E-state index contributed by atoms with van der Waals surface area (Å²) in [4.78, 5) is 32.0. The Hall–Kier alpha value is -3.63. The third-order valence-electron chi connectivity index (χ3n) is 7.36. The van der Waals surface area contributed by atoms with E-state index in [1.54, 1.807) is 24.5 Å². The van der Waals surface area contributed by atoms with Crippen LogP contribution in [-0.2, 0) is 15.0 Å². The molecule has 11 heteroatoms. The average molecular weight is 516 g/mol. The number of anilines is 1. The second kappa shape index (κ2) is 9.35. The highest BCUT2D eigenvalue weighted by Gasteiger charge is 2.53. The zero-order valence-electron chi connectivity index (χ0n) is 20.5. The highest BCUT2D eigenvalue weighted by atomic mass is 19.4. The number of pyridine rings is 1. The van der Waals surface area contributed by atoms with Crippen LogP contribution in [0.2, 0.25) is 0 Å². The van der Waals surface area contributed by atoms with E-state index in [0.29, 0.717) is 42.8 Å². The van der Waals surface area contributed by atoms with Crippen LogP contribution >= 0.6 is 0 Å². The lowest BCUT2D eigenvalue weighted by Gasteiger charge is -2.36. The molecule has 1 aliphatic heterocycles. The van der Waals surface area contributed by atoms with E-state index < -0.39 is 36.0 Å². The molecule has 0 saturated heterocycles. The number of halogens is 3. The van der Waals surface area contributed by atoms with Crippen LogP contribution < -0.4 is 15.0 Å². The molecule has 2 aliphatic rings. The average Bonchev–Trinajstić information content (AvgIpc) is 3.40. The molecule has 1 unspecified atom stereocenters. The van der Waals surface area contributed by atoms with Crippen molar-refractivity contribution >= 4 is 28.5 Å². The van der Waals surface area contributed by atoms with E-state index in [2.05, 4.69) is 20.5 Å². The third-order valence-corrected chi connectivity index (χ3v) is 7.36. The predicted octanol–water partition coefficient (Wildman–Crippen LogP) is 4.27. The summed E-state index contributed by atoms with van der Waals surface area (Å²) in [6.07, 6.45) is 0.824. The van der Waals surface area contributed by atoms with Gasteiger partial charge in [0, 0.05) is 11.1 Å². The van der Waals surface area contributed by atoms with Gasteiger partial charge in [0.25, 0.3) is 0 Å². The van der Waals surface area contributed by atoms with Crippen molar-refractivity contribution < 1.29 is 27.5 Å². The first-order valence-electron chi connectivity index (χ1n) is 12.3. The van der Waals surface area contributed by atoms with Gasteiger partial charge < -0.3 is 15.0 Å². The van der Waals surface area contributed by atoms with Crippen molar-refractivity contribution in [2.45, 2.75) is 63.3 Å². The first-order chi connectivity index (χ1) is 17.6. The van der Waals surface area contributed by atoms with E-state index in [-0.39, 0.29) is 12.0 Å². The molecular weight excluding hydrogens is 487 g/mol. The highest BCUT2D eigenvalue weighted by Crippen LogP contribution is 2.50. The summed E-state index contributed by atoms with van der Waals surface area (Å²) in [5, 5.41) is 9.67. The standard InChI is InChI=1S/C26H28F3N5O3/c1-15(2)22(26(27,28)29)32-21(35)14-34-20-6-4-3-5-19(20)25(24(34)36)9-7-17(8-10-25)37-18-11-16-12-31-33-23(16)30-13-18/h3-6,11-13,15,17,22H,7-10,14H2,1-2H3,(H,32,35)(H,30,31,33). The second-order valence-electron chi connectivity index (χ2n) is 10.1. The van der Waals surface area contributed by atoms with Crippen LogP contribution in [0.15, 0.2) is 42.7 Å². The monoisotopic (exact) mass is 515 g/mol. The molecule has 1 aliphatic carbocycles. The molecule has 8 nitrogen and oxygen atoms in total. The molecule has 2 amide bonds. The largest absolute Gasteiger partial charge is 0.489 e. The van der Waals surface area contributed by atoms with Gasteiger partial charge >= 0.3 is 6.18 Å². The number of H-pyrrole nitrogens is 1. The van der Waals surface area contributed by atoms with Crippen LogP contribution in [-0.4, -0.2) is 51.9 Å². The maximum Gasteiger partial charge on any atom is 0.408 e. The number of carbonyl (C=O) groups is 2. The van der Waals surface area contributed by atoms with Gasteiger partial charge in [0.05, 0.1) is 23.9 Å². The molecule has 0 radical (unpaired) electrons. The number of aromatic nitrogens is 3. The normalized spacial score (nSPS) is 22.5. The van der Waals surface area contributed by atoms with Gasteiger partial charge in [-0.15, -0.1) is 0 Å². The lowest BCUT2D eigenvalue weighted by molar-refractivity contribution is -0.169. The van der Waals surface area contributed by atoms with E-state index in [0.717, 1.165) is 10.9 Å². The lowest BCUT2D eigenvalue weighted by Crippen LogP contribution is -2.53. The number of ether oxygens (including phenoxy) is 1. The molecule has 1 saturated carbocycles. The molecule has 196 valence electrons. The van der Waals surface area contributed by atoms with Gasteiger partial charge in [0.2, 0.25) is 11.8 Å². The number of fused-ring (bicyclic) bond motifs is 3. The minimum absolute atomic E-state index is 0.118. The number of nitrogens with zero attached hydrogens (tertiary/aromatic N) is 3. The fourth-order valence-corrected chi connectivity index (χ4v) is 5.50. The Labute approximate surface area is 211 Å². The van der Waals surface area contributed by atoms with Gasteiger partial charge in [-0.25, -0.2) is 4.98 Å². The van der Waals surface area contributed by atoms with Crippen LogP contribution in [0, 0.1) is 5.92 Å². The number of benzene rings is 1. The van der Waals surface area contributed by atoms with Crippen LogP contribution in [0.25, 0.3) is 11.0 Å². The predicted molar refractivity (Wildman–Crippen MR) is 130 cm³/mol. The number of aromatic amines is 1. The first-order valence-corrected chi connectivity index (χ1v) is 12.3. The molecule has 3 aromatic rings. The van der Waals surface area contributed by atoms with Crippen molar-refractivity contribution in [1.29, 1.82) is 0 Å². The highest BCUT2D eigenvalue weighted by molar-refractivity contribution is 6.10. The van der Waals surface area contributed by atoms with Gasteiger partial charge in [-0.2, -0.15) is 18.3 Å². The van der Waals surface area contributed by atoms with Gasteiger partial charge in [-0.05, 0) is 49.3 Å². The molecular formula is C26H28F3N5O3. The quantitative estimate of drug-likeness (QED) is 0.511. The summed E-state index contributed by atoms with van der Waals surface area (Å²) in [6.45, 7) is 2.33. The summed E-state index contributed by atoms with van der Waals surface area (Å²) >= 11 is 0. The maximum atomic E-state index is 13.7. The number of hydrogen-bond acceptors (Lipinski definition) is 5. The Morgan fingerprint density at radius 3 is 2.68 bits per heavy atom. The van der Waals surface area contributed by atoms with Gasteiger partial charge in [0.15, 0.2) is 5.65 Å². The van der Waals surface area contributed by atoms with Gasteiger partial charge in [0.1, 0.15) is 18.3 Å². The Kier molecular flexibility index (Phi) is 6.33. The van der Waals surface area contributed by atoms with Crippen molar-refractivity contribution in [2.75, 3.05) is 11.4 Å². The van der Waals surface area contributed by atoms with Crippen LogP contribution in [0.5, 0.6) is 5.75 Å². The van der Waals surface area contributed by atoms with Crippen LogP contribution in [0.4, 0.5) is 18.9 Å². The molecule has 2 N–H and O–H groups in total. The Morgan fingerprint density at radius 2 is 1.97 bits per heavy atom. The summed E-state index contributed by atoms with van der Waals surface area (Å²) < 4.78 is 46.3. The first kappa shape index (κ1) is 25.0. The van der Waals surface area contributed by atoms with Crippen molar-refractivity contribution in [3.05, 3.63) is 48.3 Å². The van der Waals surface area contributed by atoms with Crippen LogP contribution in [0.1, 0.15) is 45.1 Å². The smallest absolute Gasteiger partial charge is 0.408 e. The molecule has 3 heterocycles. The molecule has 1 fully saturated rings. The van der Waals surface area contributed by atoms with Crippen molar-refractivity contribution in [2.24, 2.45) is 5.92 Å². The molecule has 0 bridgehead atoms. The Morgan fingerprint density at radius 1 is 1.24 bits per heavy atom. The van der Waals surface area contributed by atoms with E-state index >= 15 is 0 Å². The van der Waals surface area contributed by atoms with Gasteiger partial charge in [-0.1, -0.05) is 32.0 Å². The lowest BCUT2D eigenvalue weighted by atomic mass is 9.69. The van der Waals surface area contributed by atoms with E-state index in [1.165, 1.54) is 18.7 Å². The number of alkyl halides is 3. The maximum absolute atomic E-state index is 13.7.